The molecule has 0 spiro atoms. The summed E-state index contributed by atoms with van der Waals surface area (Å²) in [5, 5.41) is 0.696. The van der Waals surface area contributed by atoms with Crippen molar-refractivity contribution in [2.75, 3.05) is 12.9 Å². The van der Waals surface area contributed by atoms with Crippen LogP contribution in [-0.2, 0) is 9.63 Å². The molecule has 0 heterocycles. The van der Waals surface area contributed by atoms with E-state index < -0.39 is 0 Å². The molecule has 0 saturated carbocycles. The molecular weight excluding hydrogens is 150 g/mol. The SMILES string of the molecule is C=C(NOCC(C)=O)SC. The van der Waals surface area contributed by atoms with Gasteiger partial charge in [-0.05, 0) is 13.2 Å². The lowest BCUT2D eigenvalue weighted by molar-refractivity contribution is -0.123. The average molecular weight is 161 g/mol. The van der Waals surface area contributed by atoms with Crippen molar-refractivity contribution >= 4 is 17.5 Å². The molecule has 0 radical (unpaired) electrons. The number of Topliss-reactive ketones (excluding diaryl/α,β-unsaturated/α-hetero) is 1. The van der Waals surface area contributed by atoms with Gasteiger partial charge < -0.3 is 0 Å². The van der Waals surface area contributed by atoms with Crippen molar-refractivity contribution in [3.8, 4) is 0 Å². The van der Waals surface area contributed by atoms with Crippen LogP contribution in [0.1, 0.15) is 6.92 Å². The minimum absolute atomic E-state index is 0.0126. The summed E-state index contributed by atoms with van der Waals surface area (Å²) in [5.41, 5.74) is 2.51. The summed E-state index contributed by atoms with van der Waals surface area (Å²) < 4.78 is 0. The molecule has 4 heteroatoms. The molecule has 0 saturated heterocycles. The van der Waals surface area contributed by atoms with Crippen molar-refractivity contribution in [3.63, 3.8) is 0 Å². The van der Waals surface area contributed by atoms with E-state index >= 15 is 0 Å². The minimum atomic E-state index is -0.0126. The van der Waals surface area contributed by atoms with E-state index in [0.29, 0.717) is 5.03 Å². The smallest absolute Gasteiger partial charge is 0.158 e. The quantitative estimate of drug-likeness (QED) is 0.609. The Morgan fingerprint density at radius 3 is 2.80 bits per heavy atom. The van der Waals surface area contributed by atoms with Gasteiger partial charge in [0.05, 0.1) is 5.03 Å². The number of carbonyl (C=O) groups excluding carboxylic acids is 1. The molecule has 0 aromatic rings. The fraction of sp³-hybridized carbons (Fsp3) is 0.500. The summed E-state index contributed by atoms with van der Waals surface area (Å²) in [4.78, 5) is 15.0. The fourth-order valence-corrected chi connectivity index (χ4v) is 0.402. The molecule has 0 bridgehead atoms. The normalized spacial score (nSPS) is 9.00. The molecule has 10 heavy (non-hydrogen) atoms. The molecule has 0 unspecified atom stereocenters. The number of hydroxylamine groups is 1. The Morgan fingerprint density at radius 1 is 1.80 bits per heavy atom. The van der Waals surface area contributed by atoms with Gasteiger partial charge in [-0.25, -0.2) is 0 Å². The molecule has 0 aliphatic rings. The van der Waals surface area contributed by atoms with E-state index in [-0.39, 0.29) is 12.4 Å². The first-order chi connectivity index (χ1) is 4.66. The molecule has 0 aromatic carbocycles. The van der Waals surface area contributed by atoms with E-state index in [1.165, 1.54) is 18.7 Å². The zero-order chi connectivity index (χ0) is 7.98. The Bertz CT molecular complexity index is 136. The molecule has 0 fully saturated rings. The highest BCUT2D eigenvalue weighted by Gasteiger charge is 1.92. The lowest BCUT2D eigenvalue weighted by Crippen LogP contribution is -2.15. The zero-order valence-electron chi connectivity index (χ0n) is 6.14. The predicted octanol–water partition coefficient (Wildman–Crippen LogP) is 0.931. The second-order valence-electron chi connectivity index (χ2n) is 1.72. The van der Waals surface area contributed by atoms with E-state index in [9.17, 15) is 4.79 Å². The highest BCUT2D eigenvalue weighted by atomic mass is 32.2. The van der Waals surface area contributed by atoms with Gasteiger partial charge >= 0.3 is 0 Å². The Labute approximate surface area is 64.8 Å². The first-order valence-electron chi connectivity index (χ1n) is 2.77. The van der Waals surface area contributed by atoms with Crippen LogP contribution in [0.5, 0.6) is 0 Å². The Hall–Kier alpha value is -0.480. The summed E-state index contributed by atoms with van der Waals surface area (Å²) in [6.07, 6.45) is 1.87. The van der Waals surface area contributed by atoms with E-state index in [1.54, 1.807) is 0 Å². The molecule has 3 nitrogen and oxygen atoms in total. The topological polar surface area (TPSA) is 38.3 Å². The van der Waals surface area contributed by atoms with Crippen LogP contribution in [-0.4, -0.2) is 18.6 Å². The maximum atomic E-state index is 10.3. The van der Waals surface area contributed by atoms with Crippen molar-refractivity contribution in [2.45, 2.75) is 6.92 Å². The number of carbonyl (C=O) groups is 1. The van der Waals surface area contributed by atoms with Crippen molar-refractivity contribution in [3.05, 3.63) is 11.6 Å². The molecule has 0 aliphatic heterocycles. The molecular formula is C6H11NO2S. The average Bonchev–Trinajstić information content (AvgIpc) is 1.87. The van der Waals surface area contributed by atoms with E-state index in [0.717, 1.165) is 0 Å². The van der Waals surface area contributed by atoms with Crippen LogP contribution in [0.2, 0.25) is 0 Å². The number of hydrogen-bond donors (Lipinski definition) is 1. The van der Waals surface area contributed by atoms with Gasteiger partial charge in [0.1, 0.15) is 6.61 Å². The van der Waals surface area contributed by atoms with Gasteiger partial charge in [-0.15, -0.1) is 11.8 Å². The minimum Gasteiger partial charge on any atom is -0.297 e. The Kier molecular flexibility index (Phi) is 5.06. The Morgan fingerprint density at radius 2 is 2.40 bits per heavy atom. The third kappa shape index (κ3) is 5.65. The van der Waals surface area contributed by atoms with Crippen LogP contribution in [0.15, 0.2) is 11.6 Å². The monoisotopic (exact) mass is 161 g/mol. The summed E-state index contributed by atoms with van der Waals surface area (Å²) in [7, 11) is 0. The van der Waals surface area contributed by atoms with Crippen LogP contribution in [0, 0.1) is 0 Å². The second-order valence-corrected chi connectivity index (χ2v) is 2.62. The lowest BCUT2D eigenvalue weighted by atomic mass is 10.5. The summed E-state index contributed by atoms with van der Waals surface area (Å²) in [6, 6.07) is 0. The van der Waals surface area contributed by atoms with Gasteiger partial charge in [-0.1, -0.05) is 6.58 Å². The number of rotatable bonds is 5. The molecule has 0 aromatic heterocycles. The van der Waals surface area contributed by atoms with Gasteiger partial charge in [0.25, 0.3) is 0 Å². The number of hydrogen-bond acceptors (Lipinski definition) is 4. The highest BCUT2D eigenvalue weighted by molar-refractivity contribution is 8.02. The lowest BCUT2D eigenvalue weighted by Gasteiger charge is -2.04. The van der Waals surface area contributed by atoms with E-state index in [1.807, 2.05) is 6.26 Å². The third-order valence-electron chi connectivity index (χ3n) is 0.708. The third-order valence-corrected chi connectivity index (χ3v) is 1.28. The van der Waals surface area contributed by atoms with Crippen LogP contribution >= 0.6 is 11.8 Å². The molecule has 1 N–H and O–H groups in total. The van der Waals surface area contributed by atoms with Crippen molar-refractivity contribution in [1.82, 2.24) is 5.48 Å². The van der Waals surface area contributed by atoms with Gasteiger partial charge in [0.15, 0.2) is 5.78 Å². The number of thioether (sulfide) groups is 1. The molecule has 0 atom stereocenters. The van der Waals surface area contributed by atoms with E-state index in [2.05, 4.69) is 12.1 Å². The summed E-state index contributed by atoms with van der Waals surface area (Å²) in [6.45, 7) is 5.13. The van der Waals surface area contributed by atoms with Gasteiger partial charge in [-0.3, -0.25) is 15.1 Å². The summed E-state index contributed by atoms with van der Waals surface area (Å²) in [5.74, 6) is -0.0126. The Balaban J connectivity index is 3.20. The zero-order valence-corrected chi connectivity index (χ0v) is 6.96. The van der Waals surface area contributed by atoms with Crippen molar-refractivity contribution in [2.24, 2.45) is 0 Å². The van der Waals surface area contributed by atoms with Crippen LogP contribution in [0.25, 0.3) is 0 Å². The molecule has 0 amide bonds. The van der Waals surface area contributed by atoms with Crippen molar-refractivity contribution in [1.29, 1.82) is 0 Å². The molecule has 0 aliphatic carbocycles. The van der Waals surface area contributed by atoms with Crippen LogP contribution in [0.3, 0.4) is 0 Å². The number of ketones is 1. The van der Waals surface area contributed by atoms with E-state index in [4.69, 9.17) is 4.84 Å². The predicted molar refractivity (Wildman–Crippen MR) is 42.4 cm³/mol. The molecule has 58 valence electrons. The van der Waals surface area contributed by atoms with Gasteiger partial charge in [-0.2, -0.15) is 0 Å². The van der Waals surface area contributed by atoms with Crippen LogP contribution < -0.4 is 5.48 Å². The fourth-order valence-electron chi connectivity index (χ4n) is 0.260. The highest BCUT2D eigenvalue weighted by Crippen LogP contribution is 2.02. The van der Waals surface area contributed by atoms with Gasteiger partial charge in [0, 0.05) is 0 Å². The van der Waals surface area contributed by atoms with Gasteiger partial charge in [0.2, 0.25) is 0 Å². The molecule has 0 rings (SSSR count). The first kappa shape index (κ1) is 9.52. The van der Waals surface area contributed by atoms with Crippen molar-refractivity contribution < 1.29 is 9.63 Å². The second kappa shape index (κ2) is 5.32. The first-order valence-corrected chi connectivity index (χ1v) is 3.99. The summed E-state index contributed by atoms with van der Waals surface area (Å²) >= 11 is 1.43. The number of nitrogens with one attached hydrogen (secondary N) is 1. The maximum absolute atomic E-state index is 10.3. The van der Waals surface area contributed by atoms with Crippen LogP contribution in [0.4, 0.5) is 0 Å². The standard InChI is InChI=1S/C6H11NO2S/c1-5(8)4-9-7-6(2)10-3/h7H,2,4H2,1,3H3. The largest absolute Gasteiger partial charge is 0.297 e. The maximum Gasteiger partial charge on any atom is 0.158 e.